The summed E-state index contributed by atoms with van der Waals surface area (Å²) in [5.41, 5.74) is 0.594. The van der Waals surface area contributed by atoms with Crippen LogP contribution in [0.1, 0.15) is 37.2 Å². The monoisotopic (exact) mass is 557 g/mol. The average Bonchev–Trinajstić information content (AvgIpc) is 3.24. The van der Waals surface area contributed by atoms with Gasteiger partial charge in [0, 0.05) is 28.8 Å². The third-order valence-corrected chi connectivity index (χ3v) is 7.52. The van der Waals surface area contributed by atoms with Crippen LogP contribution in [0.5, 0.6) is 0 Å². The molecule has 1 unspecified atom stereocenters. The van der Waals surface area contributed by atoms with Gasteiger partial charge in [-0.3, -0.25) is 24.5 Å². The number of amides is 2. The van der Waals surface area contributed by atoms with E-state index in [4.69, 9.17) is 16.3 Å². The summed E-state index contributed by atoms with van der Waals surface area (Å²) in [6.07, 6.45) is 7.37. The normalized spacial score (nSPS) is 19.5. The Hall–Kier alpha value is -4.13. The molecule has 0 bridgehead atoms. The molecule has 202 valence electrons. The molecule has 3 atom stereocenters. The predicted octanol–water partition coefficient (Wildman–Crippen LogP) is 3.29. The number of nitrogens with one attached hydrogen (secondary N) is 3. The first-order valence-corrected chi connectivity index (χ1v) is 12.7. The number of aromatic nitrogens is 5. The first-order valence-electron chi connectivity index (χ1n) is 12.3. The zero-order chi connectivity index (χ0) is 27.4. The van der Waals surface area contributed by atoms with Gasteiger partial charge in [-0.15, -0.1) is 0 Å². The maximum Gasteiger partial charge on any atom is 0.322 e. The molecular weight excluding hydrogens is 536 g/mol. The molecule has 2 amide bonds. The number of anilines is 1. The smallest absolute Gasteiger partial charge is 0.322 e. The number of benzene rings is 1. The minimum Gasteiger partial charge on any atom is -0.468 e. The quantitative estimate of drug-likeness (QED) is 0.234. The van der Waals surface area contributed by atoms with E-state index in [0.29, 0.717) is 11.0 Å². The van der Waals surface area contributed by atoms with Crippen LogP contribution in [-0.2, 0) is 19.1 Å². The minimum atomic E-state index is -1.62. The zero-order valence-electron chi connectivity index (χ0n) is 20.5. The molecule has 39 heavy (non-hydrogen) atoms. The van der Waals surface area contributed by atoms with E-state index in [0.717, 1.165) is 26.4 Å². The molecule has 0 spiro atoms. The molecule has 0 radical (unpaired) electrons. The van der Waals surface area contributed by atoms with Crippen LogP contribution in [0.15, 0.2) is 24.8 Å². The highest BCUT2D eigenvalue weighted by molar-refractivity contribution is 6.35. The summed E-state index contributed by atoms with van der Waals surface area (Å²) in [6.45, 7) is 0. The second-order valence-corrected chi connectivity index (χ2v) is 10.1. The Morgan fingerprint density at radius 3 is 2.69 bits per heavy atom. The lowest BCUT2D eigenvalue weighted by Crippen LogP contribution is -2.44. The number of nitrogens with zero attached hydrogens (tertiary/aromatic N) is 4. The first kappa shape index (κ1) is 25.2. The standard InChI is InChI=1S/C25H22ClF2N7O4/c1-39-25(38)19(24(37)31-10-3-2-4-10)18-21(28)20(26)17(12-6-30-34-22(12)18)14-8-35-9-15(32-16(35)7-29-14)33-23(36)11-5-13(11)27/h6-11,13,19H,2-5H2,1H3,(H,30,34)(H,31,37)(H,33,36)/t11-,13+,19?/m1/s1. The number of esters is 1. The number of methoxy groups -OCH3 is 1. The zero-order valence-corrected chi connectivity index (χ0v) is 21.3. The molecule has 2 aliphatic rings. The number of hydrogen-bond acceptors (Lipinski definition) is 7. The highest BCUT2D eigenvalue weighted by Gasteiger charge is 2.44. The summed E-state index contributed by atoms with van der Waals surface area (Å²) in [5, 5.41) is 12.0. The van der Waals surface area contributed by atoms with Crippen molar-refractivity contribution >= 4 is 51.8 Å². The number of alkyl halides is 1. The van der Waals surface area contributed by atoms with E-state index in [2.05, 4.69) is 30.8 Å². The Morgan fingerprint density at radius 1 is 1.26 bits per heavy atom. The van der Waals surface area contributed by atoms with Gasteiger partial charge in [-0.2, -0.15) is 5.10 Å². The van der Waals surface area contributed by atoms with Gasteiger partial charge in [0.25, 0.3) is 0 Å². The second-order valence-electron chi connectivity index (χ2n) is 9.68. The van der Waals surface area contributed by atoms with E-state index in [9.17, 15) is 18.8 Å². The van der Waals surface area contributed by atoms with Crippen LogP contribution in [0.2, 0.25) is 5.02 Å². The van der Waals surface area contributed by atoms with Gasteiger partial charge in [-0.1, -0.05) is 11.6 Å². The topological polar surface area (TPSA) is 143 Å². The number of hydrogen-bond donors (Lipinski definition) is 3. The number of halogens is 3. The highest BCUT2D eigenvalue weighted by atomic mass is 35.5. The third kappa shape index (κ3) is 4.36. The molecule has 6 rings (SSSR count). The number of carbonyl (C=O) groups excluding carboxylic acids is 3. The van der Waals surface area contributed by atoms with Gasteiger partial charge in [0.1, 0.15) is 12.0 Å². The number of carbonyl (C=O) groups is 3. The molecule has 3 aromatic heterocycles. The van der Waals surface area contributed by atoms with E-state index in [-0.39, 0.29) is 45.6 Å². The van der Waals surface area contributed by atoms with Crippen LogP contribution in [0.4, 0.5) is 14.6 Å². The van der Waals surface area contributed by atoms with Crippen LogP contribution < -0.4 is 10.6 Å². The van der Waals surface area contributed by atoms with Gasteiger partial charge in [0.15, 0.2) is 17.4 Å². The van der Waals surface area contributed by atoms with Crippen LogP contribution in [0, 0.1) is 11.7 Å². The van der Waals surface area contributed by atoms with Crippen molar-refractivity contribution in [2.24, 2.45) is 5.92 Å². The van der Waals surface area contributed by atoms with Gasteiger partial charge >= 0.3 is 5.97 Å². The molecule has 1 aromatic carbocycles. The van der Waals surface area contributed by atoms with Crippen molar-refractivity contribution in [3.05, 3.63) is 41.2 Å². The van der Waals surface area contributed by atoms with Crippen molar-refractivity contribution in [3.63, 3.8) is 0 Å². The Balaban J connectivity index is 1.41. The van der Waals surface area contributed by atoms with Crippen molar-refractivity contribution in [1.29, 1.82) is 0 Å². The van der Waals surface area contributed by atoms with Crippen LogP contribution in [0.25, 0.3) is 27.8 Å². The summed E-state index contributed by atoms with van der Waals surface area (Å²) in [5.74, 6) is -5.17. The summed E-state index contributed by atoms with van der Waals surface area (Å²) >= 11 is 6.53. The number of aromatic amines is 1. The van der Waals surface area contributed by atoms with Gasteiger partial charge in [0.2, 0.25) is 11.8 Å². The molecular formula is C25H22ClF2N7O4. The van der Waals surface area contributed by atoms with E-state index in [1.54, 1.807) is 4.40 Å². The molecule has 14 heteroatoms. The van der Waals surface area contributed by atoms with E-state index >= 15 is 4.39 Å². The van der Waals surface area contributed by atoms with Crippen molar-refractivity contribution in [1.82, 2.24) is 29.9 Å². The average molecular weight is 558 g/mol. The Kier molecular flexibility index (Phi) is 6.17. The molecule has 11 nitrogen and oxygen atoms in total. The van der Waals surface area contributed by atoms with Crippen molar-refractivity contribution < 1.29 is 27.9 Å². The van der Waals surface area contributed by atoms with Gasteiger partial charge in [0.05, 0.1) is 47.9 Å². The maximum atomic E-state index is 16.0. The molecule has 0 saturated heterocycles. The lowest BCUT2D eigenvalue weighted by molar-refractivity contribution is -0.146. The fourth-order valence-electron chi connectivity index (χ4n) is 4.71. The van der Waals surface area contributed by atoms with Crippen LogP contribution in [0.3, 0.4) is 0 Å². The van der Waals surface area contributed by atoms with E-state index in [1.807, 2.05) is 0 Å². The van der Waals surface area contributed by atoms with E-state index in [1.165, 1.54) is 24.8 Å². The maximum absolute atomic E-state index is 16.0. The minimum absolute atomic E-state index is 0.0942. The summed E-state index contributed by atoms with van der Waals surface area (Å²) in [4.78, 5) is 46.5. The van der Waals surface area contributed by atoms with Crippen LogP contribution >= 0.6 is 11.6 Å². The summed E-state index contributed by atoms with van der Waals surface area (Å²) < 4.78 is 35.6. The van der Waals surface area contributed by atoms with Gasteiger partial charge in [-0.25, -0.2) is 13.8 Å². The van der Waals surface area contributed by atoms with E-state index < -0.39 is 41.6 Å². The van der Waals surface area contributed by atoms with Gasteiger partial charge < -0.3 is 19.8 Å². The van der Waals surface area contributed by atoms with Crippen LogP contribution in [-0.4, -0.2) is 61.7 Å². The number of fused-ring (bicyclic) bond motifs is 2. The number of ether oxygens (including phenoxy) is 1. The lowest BCUT2D eigenvalue weighted by atomic mass is 9.89. The molecule has 2 aliphatic carbocycles. The summed E-state index contributed by atoms with van der Waals surface area (Å²) in [7, 11) is 1.12. The van der Waals surface area contributed by atoms with Gasteiger partial charge in [-0.05, 0) is 25.7 Å². The fourth-order valence-corrected chi connectivity index (χ4v) is 5.01. The molecule has 3 N–H and O–H groups in total. The second kappa shape index (κ2) is 9.56. The summed E-state index contributed by atoms with van der Waals surface area (Å²) in [6, 6.07) is -0.0943. The molecule has 2 saturated carbocycles. The molecule has 4 aromatic rings. The first-order chi connectivity index (χ1) is 18.8. The largest absolute Gasteiger partial charge is 0.468 e. The highest BCUT2D eigenvalue weighted by Crippen LogP contribution is 2.41. The third-order valence-electron chi connectivity index (χ3n) is 7.16. The van der Waals surface area contributed by atoms with Crippen molar-refractivity contribution in [2.75, 3.05) is 12.4 Å². The molecule has 0 aliphatic heterocycles. The number of imidazole rings is 1. The van der Waals surface area contributed by atoms with Crippen molar-refractivity contribution in [2.45, 2.75) is 43.8 Å². The molecule has 3 heterocycles. The Bertz CT molecular complexity index is 1650. The predicted molar refractivity (Wildman–Crippen MR) is 135 cm³/mol. The molecule has 2 fully saturated rings. The number of rotatable bonds is 7. The fraction of sp³-hybridized carbons (Fsp3) is 0.360. The Labute approximate surface area is 224 Å². The lowest BCUT2D eigenvalue weighted by Gasteiger charge is -2.28. The number of H-pyrrole nitrogens is 1. The Morgan fingerprint density at radius 2 is 2.03 bits per heavy atom. The SMILES string of the molecule is COC(=O)C(C(=O)NC1CCC1)c1c(F)c(Cl)c(-c2cn3cc(NC(=O)[C@@H]4C[C@@H]4F)nc3cn2)c2cn[nH]c12. The van der Waals surface area contributed by atoms with Crippen molar-refractivity contribution in [3.8, 4) is 11.3 Å².